The van der Waals surface area contributed by atoms with Crippen LogP contribution in [0.2, 0.25) is 0 Å². The van der Waals surface area contributed by atoms with E-state index in [0.717, 1.165) is 20.3 Å². The minimum Gasteiger partial charge on any atom is -0.334 e. The molecule has 0 radical (unpaired) electrons. The molecule has 0 amide bonds. The summed E-state index contributed by atoms with van der Waals surface area (Å²) in [5.74, 6) is 0.172. The van der Waals surface area contributed by atoms with E-state index in [4.69, 9.17) is 0 Å². The molecule has 2 heterocycles. The van der Waals surface area contributed by atoms with Gasteiger partial charge in [-0.1, -0.05) is 39.4 Å². The molecule has 4 aromatic rings. The first-order chi connectivity index (χ1) is 13.5. The van der Waals surface area contributed by atoms with Gasteiger partial charge in [0.25, 0.3) is 0 Å². The van der Waals surface area contributed by atoms with Gasteiger partial charge in [0.05, 0.1) is 15.1 Å². The van der Waals surface area contributed by atoms with Crippen molar-refractivity contribution in [2.45, 2.75) is 6.92 Å². The number of nitrogens with one attached hydrogen (secondary N) is 2. The van der Waals surface area contributed by atoms with Gasteiger partial charge in [-0.2, -0.15) is 0 Å². The Morgan fingerprint density at radius 3 is 2.64 bits per heavy atom. The highest BCUT2D eigenvalue weighted by Crippen LogP contribution is 2.35. The van der Waals surface area contributed by atoms with Gasteiger partial charge in [-0.3, -0.25) is 10.1 Å². The van der Waals surface area contributed by atoms with Crippen LogP contribution < -0.4 is 10.6 Å². The minimum atomic E-state index is -0.514. The summed E-state index contributed by atoms with van der Waals surface area (Å²) in [6, 6.07) is 13.2. The van der Waals surface area contributed by atoms with Crippen molar-refractivity contribution >= 4 is 65.6 Å². The monoisotopic (exact) mass is 456 g/mol. The number of aromatic nitrogens is 3. The van der Waals surface area contributed by atoms with E-state index >= 15 is 0 Å². The van der Waals surface area contributed by atoms with Gasteiger partial charge in [0.15, 0.2) is 5.13 Å². The van der Waals surface area contributed by atoms with Crippen LogP contribution in [0.4, 0.5) is 28.1 Å². The highest BCUT2D eigenvalue weighted by atomic mass is 79.9. The fraction of sp³-hybridized carbons (Fsp3) is 0.0556. The Kier molecular flexibility index (Phi) is 4.88. The molecule has 28 heavy (non-hydrogen) atoms. The predicted molar refractivity (Wildman–Crippen MR) is 114 cm³/mol. The van der Waals surface area contributed by atoms with Crippen molar-refractivity contribution in [2.75, 3.05) is 10.6 Å². The molecule has 0 saturated carbocycles. The van der Waals surface area contributed by atoms with E-state index in [1.165, 1.54) is 17.7 Å². The zero-order valence-electron chi connectivity index (χ0n) is 14.5. The van der Waals surface area contributed by atoms with E-state index in [-0.39, 0.29) is 17.3 Å². The molecular weight excluding hydrogens is 444 g/mol. The first-order valence-electron chi connectivity index (χ1n) is 8.16. The van der Waals surface area contributed by atoms with Crippen LogP contribution in [0, 0.1) is 17.0 Å². The van der Waals surface area contributed by atoms with Crippen LogP contribution in [-0.2, 0) is 0 Å². The Morgan fingerprint density at radius 1 is 1.11 bits per heavy atom. The van der Waals surface area contributed by atoms with E-state index in [2.05, 4.69) is 41.5 Å². The number of nitro groups is 1. The molecular formula is C18H13BrN6O2S. The topological polar surface area (TPSA) is 106 Å². The second-order valence-electron chi connectivity index (χ2n) is 5.93. The van der Waals surface area contributed by atoms with Gasteiger partial charge in [0.1, 0.15) is 6.33 Å². The van der Waals surface area contributed by atoms with Crippen molar-refractivity contribution < 1.29 is 4.92 Å². The lowest BCUT2D eigenvalue weighted by molar-refractivity contribution is -0.383. The van der Waals surface area contributed by atoms with E-state index in [1.807, 2.05) is 37.3 Å². The standard InChI is InChI=1S/C18H13BrN6O2S/c1-10-5-6-13-14(7-10)28-18(23-13)24-17-15(25(26)27)16(20-9-21-17)22-12-4-2-3-11(19)8-12/h2-9H,1H3,(H2,20,21,22,23,24). The van der Waals surface area contributed by atoms with Crippen molar-refractivity contribution in [1.82, 2.24) is 15.0 Å². The first kappa shape index (κ1) is 18.3. The van der Waals surface area contributed by atoms with Gasteiger partial charge in [-0.15, -0.1) is 0 Å². The Labute approximate surface area is 172 Å². The molecule has 0 aliphatic rings. The van der Waals surface area contributed by atoms with E-state index in [9.17, 15) is 10.1 Å². The molecule has 10 heteroatoms. The number of anilines is 4. The van der Waals surface area contributed by atoms with Crippen LogP contribution in [0.15, 0.2) is 53.3 Å². The summed E-state index contributed by atoms with van der Waals surface area (Å²) in [6.07, 6.45) is 1.27. The van der Waals surface area contributed by atoms with Gasteiger partial charge in [0.2, 0.25) is 11.6 Å². The van der Waals surface area contributed by atoms with Crippen molar-refractivity contribution in [1.29, 1.82) is 0 Å². The van der Waals surface area contributed by atoms with E-state index in [0.29, 0.717) is 10.8 Å². The van der Waals surface area contributed by atoms with Gasteiger partial charge in [-0.05, 0) is 42.8 Å². The Morgan fingerprint density at radius 2 is 1.89 bits per heavy atom. The number of hydrogen-bond donors (Lipinski definition) is 2. The summed E-state index contributed by atoms with van der Waals surface area (Å²) in [5.41, 5.74) is 2.36. The lowest BCUT2D eigenvalue weighted by Crippen LogP contribution is -2.05. The van der Waals surface area contributed by atoms with E-state index < -0.39 is 4.92 Å². The fourth-order valence-corrected chi connectivity index (χ4v) is 3.99. The molecule has 0 aliphatic carbocycles. The number of fused-ring (bicyclic) bond motifs is 1. The Bertz CT molecular complexity index is 1200. The molecule has 0 bridgehead atoms. The molecule has 0 unspecified atom stereocenters. The summed E-state index contributed by atoms with van der Waals surface area (Å²) in [4.78, 5) is 23.8. The third-order valence-electron chi connectivity index (χ3n) is 3.86. The van der Waals surface area contributed by atoms with Crippen molar-refractivity contribution in [3.05, 3.63) is 68.9 Å². The maximum absolute atomic E-state index is 11.7. The average molecular weight is 457 g/mol. The van der Waals surface area contributed by atoms with E-state index in [1.54, 1.807) is 12.1 Å². The predicted octanol–water partition coefficient (Wildman–Crippen LogP) is 5.55. The second-order valence-corrected chi connectivity index (χ2v) is 7.87. The number of thiazole rings is 1. The summed E-state index contributed by atoms with van der Waals surface area (Å²) in [5, 5.41) is 18.2. The molecule has 140 valence electrons. The van der Waals surface area contributed by atoms with Gasteiger partial charge < -0.3 is 10.6 Å². The maximum atomic E-state index is 11.7. The largest absolute Gasteiger partial charge is 0.353 e. The molecule has 2 N–H and O–H groups in total. The SMILES string of the molecule is Cc1ccc2nc(Nc3ncnc(Nc4cccc(Br)c4)c3[N+](=O)[O-])sc2c1. The van der Waals surface area contributed by atoms with Crippen molar-refractivity contribution in [3.8, 4) is 0 Å². The molecule has 0 fully saturated rings. The zero-order chi connectivity index (χ0) is 19.7. The molecule has 2 aromatic heterocycles. The molecule has 8 nitrogen and oxygen atoms in total. The highest BCUT2D eigenvalue weighted by Gasteiger charge is 2.24. The van der Waals surface area contributed by atoms with Crippen LogP contribution in [-0.4, -0.2) is 19.9 Å². The number of halogens is 1. The Balaban J connectivity index is 1.70. The number of nitrogens with zero attached hydrogens (tertiary/aromatic N) is 4. The lowest BCUT2D eigenvalue weighted by Gasteiger charge is -2.09. The number of benzene rings is 2. The first-order valence-corrected chi connectivity index (χ1v) is 9.77. The normalized spacial score (nSPS) is 10.8. The highest BCUT2D eigenvalue weighted by molar-refractivity contribution is 9.10. The molecule has 4 rings (SSSR count). The molecule has 2 aromatic carbocycles. The Hall–Kier alpha value is -3.11. The average Bonchev–Trinajstić information content (AvgIpc) is 3.03. The smallest absolute Gasteiger partial charge is 0.334 e. The second kappa shape index (κ2) is 7.49. The molecule has 0 aliphatic heterocycles. The van der Waals surface area contributed by atoms with Gasteiger partial charge in [0, 0.05) is 10.2 Å². The van der Waals surface area contributed by atoms with Crippen LogP contribution in [0.1, 0.15) is 5.56 Å². The van der Waals surface area contributed by atoms with Crippen molar-refractivity contribution in [3.63, 3.8) is 0 Å². The summed E-state index contributed by atoms with van der Waals surface area (Å²) < 4.78 is 1.84. The minimum absolute atomic E-state index is 0.0771. The number of aryl methyl sites for hydroxylation is 1. The van der Waals surface area contributed by atoms with Crippen LogP contribution >= 0.6 is 27.3 Å². The van der Waals surface area contributed by atoms with Crippen LogP contribution in [0.25, 0.3) is 10.2 Å². The fourth-order valence-electron chi connectivity index (χ4n) is 2.62. The number of rotatable bonds is 5. The number of hydrogen-bond acceptors (Lipinski definition) is 8. The molecule has 0 saturated heterocycles. The summed E-state index contributed by atoms with van der Waals surface area (Å²) >= 11 is 4.78. The lowest BCUT2D eigenvalue weighted by atomic mass is 10.2. The summed E-state index contributed by atoms with van der Waals surface area (Å²) in [6.45, 7) is 2.00. The molecule has 0 spiro atoms. The van der Waals surface area contributed by atoms with Gasteiger partial charge >= 0.3 is 5.69 Å². The third kappa shape index (κ3) is 3.78. The maximum Gasteiger partial charge on any atom is 0.353 e. The van der Waals surface area contributed by atoms with Crippen LogP contribution in [0.5, 0.6) is 0 Å². The van der Waals surface area contributed by atoms with Gasteiger partial charge in [-0.25, -0.2) is 15.0 Å². The van der Waals surface area contributed by atoms with Crippen molar-refractivity contribution in [2.24, 2.45) is 0 Å². The van der Waals surface area contributed by atoms with Crippen LogP contribution in [0.3, 0.4) is 0 Å². The quantitative estimate of drug-likeness (QED) is 0.299. The summed E-state index contributed by atoms with van der Waals surface area (Å²) in [7, 11) is 0. The zero-order valence-corrected chi connectivity index (χ0v) is 16.9. The molecule has 0 atom stereocenters. The third-order valence-corrected chi connectivity index (χ3v) is 5.29.